The molecule has 0 spiro atoms. The predicted molar refractivity (Wildman–Crippen MR) is 61.6 cm³/mol. The van der Waals surface area contributed by atoms with Crippen molar-refractivity contribution in [3.05, 3.63) is 35.9 Å². The third kappa shape index (κ3) is 2.58. The Kier molecular flexibility index (Phi) is 3.75. The zero-order chi connectivity index (χ0) is 10.5. The average molecular weight is 205 g/mol. The van der Waals surface area contributed by atoms with Gasteiger partial charge in [-0.3, -0.25) is 5.32 Å². The van der Waals surface area contributed by atoms with Gasteiger partial charge in [-0.25, -0.2) is 0 Å². The highest BCUT2D eigenvalue weighted by Crippen LogP contribution is 2.27. The van der Waals surface area contributed by atoms with E-state index in [4.69, 9.17) is 4.74 Å². The highest BCUT2D eigenvalue weighted by Gasteiger charge is 2.28. The third-order valence-corrected chi connectivity index (χ3v) is 2.97. The first-order chi connectivity index (χ1) is 7.42. The molecule has 0 bridgehead atoms. The van der Waals surface area contributed by atoms with E-state index in [0.717, 1.165) is 0 Å². The molecule has 1 saturated heterocycles. The zero-order valence-electron chi connectivity index (χ0n) is 9.28. The standard InChI is InChI=1S/C13H19NO/c1-2-3-9-12-13(15-10-14-12)11-7-5-4-6-8-11/h4-8,12-14H,2-3,9-10H2,1H3/t12-,13+/m1/s1. The molecule has 0 radical (unpaired) electrons. The summed E-state index contributed by atoms with van der Waals surface area (Å²) < 4.78 is 5.74. The van der Waals surface area contributed by atoms with E-state index in [-0.39, 0.29) is 6.10 Å². The van der Waals surface area contributed by atoms with Crippen molar-refractivity contribution in [1.29, 1.82) is 0 Å². The van der Waals surface area contributed by atoms with Gasteiger partial charge in [0.2, 0.25) is 0 Å². The summed E-state index contributed by atoms with van der Waals surface area (Å²) in [5.74, 6) is 0. The van der Waals surface area contributed by atoms with Crippen molar-refractivity contribution in [3.63, 3.8) is 0 Å². The summed E-state index contributed by atoms with van der Waals surface area (Å²) in [5, 5.41) is 3.42. The van der Waals surface area contributed by atoms with Crippen LogP contribution in [0.1, 0.15) is 37.9 Å². The molecule has 1 aliphatic rings. The molecule has 15 heavy (non-hydrogen) atoms. The van der Waals surface area contributed by atoms with E-state index in [0.29, 0.717) is 12.8 Å². The monoisotopic (exact) mass is 205 g/mol. The van der Waals surface area contributed by atoms with Gasteiger partial charge in [-0.1, -0.05) is 50.1 Å². The van der Waals surface area contributed by atoms with Crippen LogP contribution in [0, 0.1) is 0 Å². The van der Waals surface area contributed by atoms with E-state index in [1.807, 2.05) is 6.07 Å². The van der Waals surface area contributed by atoms with Crippen LogP contribution in [-0.2, 0) is 4.74 Å². The Balaban J connectivity index is 2.01. The van der Waals surface area contributed by atoms with Crippen LogP contribution in [0.3, 0.4) is 0 Å². The van der Waals surface area contributed by atoms with Gasteiger partial charge in [0, 0.05) is 6.04 Å². The molecule has 0 unspecified atom stereocenters. The van der Waals surface area contributed by atoms with Crippen LogP contribution in [0.2, 0.25) is 0 Å². The van der Waals surface area contributed by atoms with E-state index >= 15 is 0 Å². The Morgan fingerprint density at radius 1 is 1.33 bits per heavy atom. The molecule has 0 aliphatic carbocycles. The lowest BCUT2D eigenvalue weighted by molar-refractivity contribution is 0.101. The van der Waals surface area contributed by atoms with Crippen LogP contribution in [0.4, 0.5) is 0 Å². The molecule has 0 saturated carbocycles. The fraction of sp³-hybridized carbons (Fsp3) is 0.538. The summed E-state index contributed by atoms with van der Waals surface area (Å²) in [6.45, 7) is 2.92. The molecule has 1 aliphatic heterocycles. The molecular weight excluding hydrogens is 186 g/mol. The maximum absolute atomic E-state index is 5.74. The minimum atomic E-state index is 0.248. The highest BCUT2D eigenvalue weighted by atomic mass is 16.5. The van der Waals surface area contributed by atoms with E-state index in [2.05, 4.69) is 36.5 Å². The van der Waals surface area contributed by atoms with Gasteiger partial charge in [-0.2, -0.15) is 0 Å². The molecule has 0 amide bonds. The van der Waals surface area contributed by atoms with Gasteiger partial charge in [0.25, 0.3) is 0 Å². The first-order valence-corrected chi connectivity index (χ1v) is 5.81. The normalized spacial score (nSPS) is 25.7. The van der Waals surface area contributed by atoms with E-state index in [1.54, 1.807) is 0 Å². The van der Waals surface area contributed by atoms with Crippen LogP contribution in [-0.4, -0.2) is 12.8 Å². The van der Waals surface area contributed by atoms with Crippen molar-refractivity contribution in [3.8, 4) is 0 Å². The minimum absolute atomic E-state index is 0.248. The van der Waals surface area contributed by atoms with Gasteiger partial charge >= 0.3 is 0 Å². The predicted octanol–water partition coefficient (Wildman–Crippen LogP) is 2.86. The fourth-order valence-corrected chi connectivity index (χ4v) is 2.12. The molecule has 2 atom stereocenters. The highest BCUT2D eigenvalue weighted by molar-refractivity contribution is 5.19. The second-order valence-electron chi connectivity index (χ2n) is 4.10. The van der Waals surface area contributed by atoms with Gasteiger partial charge in [-0.15, -0.1) is 0 Å². The van der Waals surface area contributed by atoms with E-state index in [9.17, 15) is 0 Å². The number of unbranched alkanes of at least 4 members (excludes halogenated alkanes) is 1. The summed E-state index contributed by atoms with van der Waals surface area (Å²) in [4.78, 5) is 0. The fourth-order valence-electron chi connectivity index (χ4n) is 2.12. The van der Waals surface area contributed by atoms with Gasteiger partial charge in [0.1, 0.15) is 0 Å². The SMILES string of the molecule is CCCC[C@H]1NCO[C@H]1c1ccccc1. The van der Waals surface area contributed by atoms with Gasteiger partial charge in [0.15, 0.2) is 0 Å². The molecule has 1 heterocycles. The van der Waals surface area contributed by atoms with E-state index < -0.39 is 0 Å². The number of hydrogen-bond donors (Lipinski definition) is 1. The van der Waals surface area contributed by atoms with Crippen LogP contribution < -0.4 is 5.32 Å². The van der Waals surface area contributed by atoms with Gasteiger partial charge in [0.05, 0.1) is 12.8 Å². The van der Waals surface area contributed by atoms with Crippen LogP contribution >= 0.6 is 0 Å². The van der Waals surface area contributed by atoms with Crippen molar-refractivity contribution in [2.24, 2.45) is 0 Å². The summed E-state index contributed by atoms with van der Waals surface area (Å²) in [7, 11) is 0. The molecule has 1 aromatic carbocycles. The molecule has 2 nitrogen and oxygen atoms in total. The first kappa shape index (κ1) is 10.7. The summed E-state index contributed by atoms with van der Waals surface area (Å²) in [6.07, 6.45) is 3.97. The summed E-state index contributed by atoms with van der Waals surface area (Å²) >= 11 is 0. The van der Waals surface area contributed by atoms with Crippen molar-refractivity contribution in [2.45, 2.75) is 38.3 Å². The second kappa shape index (κ2) is 5.29. The molecule has 2 rings (SSSR count). The molecule has 1 N–H and O–H groups in total. The molecule has 2 heteroatoms. The van der Waals surface area contributed by atoms with Crippen LogP contribution in [0.5, 0.6) is 0 Å². The van der Waals surface area contributed by atoms with Crippen molar-refractivity contribution >= 4 is 0 Å². The molecular formula is C13H19NO. The number of ether oxygens (including phenoxy) is 1. The average Bonchev–Trinajstić information content (AvgIpc) is 2.75. The van der Waals surface area contributed by atoms with Gasteiger partial charge in [-0.05, 0) is 12.0 Å². The van der Waals surface area contributed by atoms with Crippen LogP contribution in [0.25, 0.3) is 0 Å². The summed E-state index contributed by atoms with van der Waals surface area (Å²) in [5.41, 5.74) is 1.30. The Bertz CT molecular complexity index is 286. The Labute approximate surface area is 91.6 Å². The first-order valence-electron chi connectivity index (χ1n) is 5.81. The number of benzene rings is 1. The quantitative estimate of drug-likeness (QED) is 0.816. The number of nitrogens with one attached hydrogen (secondary N) is 1. The Morgan fingerprint density at radius 2 is 2.13 bits per heavy atom. The van der Waals surface area contributed by atoms with Crippen molar-refractivity contribution in [1.82, 2.24) is 5.32 Å². The Hall–Kier alpha value is -0.860. The molecule has 1 aromatic rings. The van der Waals surface area contributed by atoms with Crippen molar-refractivity contribution < 1.29 is 4.74 Å². The largest absolute Gasteiger partial charge is 0.357 e. The smallest absolute Gasteiger partial charge is 0.0996 e. The Morgan fingerprint density at radius 3 is 2.87 bits per heavy atom. The lowest BCUT2D eigenvalue weighted by Gasteiger charge is -2.17. The van der Waals surface area contributed by atoms with E-state index in [1.165, 1.54) is 24.8 Å². The second-order valence-corrected chi connectivity index (χ2v) is 4.10. The van der Waals surface area contributed by atoms with Crippen LogP contribution in [0.15, 0.2) is 30.3 Å². The third-order valence-electron chi connectivity index (χ3n) is 2.97. The maximum Gasteiger partial charge on any atom is 0.0996 e. The topological polar surface area (TPSA) is 21.3 Å². The van der Waals surface area contributed by atoms with Gasteiger partial charge < -0.3 is 4.74 Å². The molecule has 1 fully saturated rings. The maximum atomic E-state index is 5.74. The minimum Gasteiger partial charge on any atom is -0.357 e. The lowest BCUT2D eigenvalue weighted by Crippen LogP contribution is -2.25. The lowest BCUT2D eigenvalue weighted by atomic mass is 9.99. The molecule has 0 aromatic heterocycles. The summed E-state index contributed by atoms with van der Waals surface area (Å²) in [6, 6.07) is 11.0. The van der Waals surface area contributed by atoms with Crippen molar-refractivity contribution in [2.75, 3.05) is 6.73 Å². The number of rotatable bonds is 4. The molecule has 82 valence electrons. The number of hydrogen-bond acceptors (Lipinski definition) is 2. The zero-order valence-corrected chi connectivity index (χ0v) is 9.28.